The lowest BCUT2D eigenvalue weighted by molar-refractivity contribution is 0.614. The van der Waals surface area contributed by atoms with Crippen molar-refractivity contribution in [1.82, 2.24) is 14.8 Å². The Hall–Kier alpha value is -2.13. The molecule has 0 radical (unpaired) electrons. The van der Waals surface area contributed by atoms with Gasteiger partial charge < -0.3 is 0 Å². The maximum absolute atomic E-state index is 6.04. The van der Waals surface area contributed by atoms with Crippen LogP contribution in [0.3, 0.4) is 0 Å². The monoisotopic (exact) mass is 367 g/mol. The van der Waals surface area contributed by atoms with Crippen molar-refractivity contribution in [3.05, 3.63) is 71.0 Å². The van der Waals surface area contributed by atoms with Gasteiger partial charge in [-0.25, -0.2) is 9.67 Å². The number of unbranched alkanes of at least 4 members (excludes halogenated alkanes) is 4. The van der Waals surface area contributed by atoms with Gasteiger partial charge in [0.15, 0.2) is 11.6 Å². The Labute approximate surface area is 161 Å². The molecule has 0 unspecified atom stereocenters. The van der Waals surface area contributed by atoms with Crippen LogP contribution >= 0.6 is 11.6 Å². The lowest BCUT2D eigenvalue weighted by Gasteiger charge is -2.06. The number of hydrogen-bond donors (Lipinski definition) is 0. The van der Waals surface area contributed by atoms with Gasteiger partial charge >= 0.3 is 0 Å². The maximum Gasteiger partial charge on any atom is 0.158 e. The smallest absolute Gasteiger partial charge is 0.158 e. The quantitative estimate of drug-likeness (QED) is 0.424. The predicted molar refractivity (Wildman–Crippen MR) is 108 cm³/mol. The van der Waals surface area contributed by atoms with Gasteiger partial charge in [-0.2, -0.15) is 5.10 Å². The third-order valence-corrected chi connectivity index (χ3v) is 4.75. The number of aromatic nitrogens is 3. The fraction of sp³-hybridized carbons (Fsp3) is 0.364. The lowest BCUT2D eigenvalue weighted by Crippen LogP contribution is -2.04. The molecule has 2 aromatic carbocycles. The fourth-order valence-electron chi connectivity index (χ4n) is 3.06. The average Bonchev–Trinajstić information content (AvgIpc) is 3.05. The molecule has 0 atom stereocenters. The van der Waals surface area contributed by atoms with E-state index in [2.05, 4.69) is 31.2 Å². The lowest BCUT2D eigenvalue weighted by atomic mass is 10.1. The topological polar surface area (TPSA) is 30.7 Å². The Morgan fingerprint density at radius 2 is 1.62 bits per heavy atom. The van der Waals surface area contributed by atoms with E-state index < -0.39 is 0 Å². The van der Waals surface area contributed by atoms with Crippen molar-refractivity contribution in [2.45, 2.75) is 52.0 Å². The van der Waals surface area contributed by atoms with Crippen LogP contribution in [0.2, 0.25) is 5.02 Å². The van der Waals surface area contributed by atoms with Gasteiger partial charge in [-0.15, -0.1) is 0 Å². The summed E-state index contributed by atoms with van der Waals surface area (Å²) in [7, 11) is 0. The van der Waals surface area contributed by atoms with Gasteiger partial charge in [0.25, 0.3) is 0 Å². The van der Waals surface area contributed by atoms with E-state index in [4.69, 9.17) is 21.7 Å². The minimum atomic E-state index is 0.724. The summed E-state index contributed by atoms with van der Waals surface area (Å²) in [4.78, 5) is 4.83. The van der Waals surface area contributed by atoms with E-state index in [-0.39, 0.29) is 0 Å². The van der Waals surface area contributed by atoms with Crippen LogP contribution < -0.4 is 0 Å². The van der Waals surface area contributed by atoms with Crippen LogP contribution in [0.25, 0.3) is 11.4 Å². The first-order valence-corrected chi connectivity index (χ1v) is 9.87. The van der Waals surface area contributed by atoms with Crippen molar-refractivity contribution in [2.75, 3.05) is 0 Å². The molecule has 0 saturated carbocycles. The number of nitrogens with zero attached hydrogens (tertiary/aromatic N) is 3. The molecule has 1 heterocycles. The Morgan fingerprint density at radius 1 is 0.885 bits per heavy atom. The Kier molecular flexibility index (Phi) is 6.84. The van der Waals surface area contributed by atoms with E-state index in [1.54, 1.807) is 0 Å². The molecular formula is C22H26ClN3. The zero-order valence-corrected chi connectivity index (χ0v) is 16.1. The van der Waals surface area contributed by atoms with Gasteiger partial charge in [0.1, 0.15) is 0 Å². The molecule has 26 heavy (non-hydrogen) atoms. The predicted octanol–water partition coefficient (Wildman–Crippen LogP) is 6.16. The Balaban J connectivity index is 1.79. The molecule has 0 bridgehead atoms. The van der Waals surface area contributed by atoms with Gasteiger partial charge in [-0.05, 0) is 36.2 Å². The summed E-state index contributed by atoms with van der Waals surface area (Å²) in [5, 5.41) is 5.53. The van der Waals surface area contributed by atoms with Crippen molar-refractivity contribution in [2.24, 2.45) is 0 Å². The Morgan fingerprint density at radius 3 is 2.35 bits per heavy atom. The second-order valence-electron chi connectivity index (χ2n) is 6.67. The second-order valence-corrected chi connectivity index (χ2v) is 7.10. The van der Waals surface area contributed by atoms with Crippen molar-refractivity contribution in [1.29, 1.82) is 0 Å². The maximum atomic E-state index is 6.04. The van der Waals surface area contributed by atoms with Gasteiger partial charge in [-0.3, -0.25) is 0 Å². The third kappa shape index (κ3) is 5.18. The van der Waals surface area contributed by atoms with Crippen molar-refractivity contribution in [3.8, 4) is 11.4 Å². The van der Waals surface area contributed by atoms with Crippen molar-refractivity contribution < 1.29 is 0 Å². The molecule has 3 rings (SSSR count). The minimum Gasteiger partial charge on any atom is -0.241 e. The van der Waals surface area contributed by atoms with Crippen LogP contribution in [0.4, 0.5) is 0 Å². The van der Waals surface area contributed by atoms with Crippen molar-refractivity contribution >= 4 is 11.6 Å². The highest BCUT2D eigenvalue weighted by Gasteiger charge is 2.12. The Bertz CT molecular complexity index is 794. The summed E-state index contributed by atoms with van der Waals surface area (Å²) < 4.78 is 2.01. The van der Waals surface area contributed by atoms with Crippen LogP contribution in [0.15, 0.2) is 54.6 Å². The van der Waals surface area contributed by atoms with E-state index in [0.717, 1.165) is 41.6 Å². The van der Waals surface area contributed by atoms with Gasteiger partial charge in [0.05, 0.1) is 6.54 Å². The molecule has 0 N–H and O–H groups in total. The third-order valence-electron chi connectivity index (χ3n) is 4.50. The number of benzene rings is 2. The van der Waals surface area contributed by atoms with Crippen LogP contribution in [0, 0.1) is 0 Å². The summed E-state index contributed by atoms with van der Waals surface area (Å²) in [6.07, 6.45) is 7.21. The zero-order chi connectivity index (χ0) is 18.2. The van der Waals surface area contributed by atoms with Crippen LogP contribution in [0.5, 0.6) is 0 Å². The number of hydrogen-bond acceptors (Lipinski definition) is 2. The largest absolute Gasteiger partial charge is 0.241 e. The molecule has 3 nitrogen and oxygen atoms in total. The molecule has 1 aromatic heterocycles. The molecule has 4 heteroatoms. The molecule has 0 aliphatic heterocycles. The van der Waals surface area contributed by atoms with Crippen LogP contribution in [0.1, 0.15) is 50.4 Å². The standard InChI is InChI=1S/C22H26ClN3/c1-2-3-4-5-9-12-21-24-22(19-13-15-20(23)16-14-19)26(25-21)17-18-10-7-6-8-11-18/h6-8,10-11,13-16H,2-5,9,12,17H2,1H3. The van der Waals surface area contributed by atoms with Gasteiger partial charge in [-0.1, -0.05) is 74.5 Å². The normalized spacial score (nSPS) is 11.0. The van der Waals surface area contributed by atoms with Crippen LogP contribution in [-0.4, -0.2) is 14.8 Å². The number of aryl methyl sites for hydroxylation is 1. The van der Waals surface area contributed by atoms with Crippen LogP contribution in [-0.2, 0) is 13.0 Å². The number of halogens is 1. The highest BCUT2D eigenvalue weighted by molar-refractivity contribution is 6.30. The van der Waals surface area contributed by atoms with E-state index in [0.29, 0.717) is 0 Å². The van der Waals surface area contributed by atoms with E-state index in [1.165, 1.54) is 31.2 Å². The van der Waals surface area contributed by atoms with Gasteiger partial charge in [0.2, 0.25) is 0 Å². The fourth-order valence-corrected chi connectivity index (χ4v) is 3.19. The first-order valence-electron chi connectivity index (χ1n) is 9.50. The zero-order valence-electron chi connectivity index (χ0n) is 15.4. The highest BCUT2D eigenvalue weighted by atomic mass is 35.5. The summed E-state index contributed by atoms with van der Waals surface area (Å²) in [5.41, 5.74) is 2.28. The molecule has 0 saturated heterocycles. The summed E-state index contributed by atoms with van der Waals surface area (Å²) in [6.45, 7) is 2.97. The summed E-state index contributed by atoms with van der Waals surface area (Å²) >= 11 is 6.04. The number of rotatable bonds is 9. The average molecular weight is 368 g/mol. The van der Waals surface area contributed by atoms with Crippen molar-refractivity contribution in [3.63, 3.8) is 0 Å². The SMILES string of the molecule is CCCCCCCc1nc(-c2ccc(Cl)cc2)n(Cc2ccccc2)n1. The molecule has 0 fully saturated rings. The molecule has 0 aliphatic rings. The van der Waals surface area contributed by atoms with E-state index >= 15 is 0 Å². The molecule has 0 amide bonds. The second kappa shape index (κ2) is 9.54. The first kappa shape index (κ1) is 18.7. The molecule has 136 valence electrons. The molecular weight excluding hydrogens is 342 g/mol. The first-order chi connectivity index (χ1) is 12.8. The molecule has 3 aromatic rings. The molecule has 0 spiro atoms. The van der Waals surface area contributed by atoms with E-state index in [9.17, 15) is 0 Å². The molecule has 0 aliphatic carbocycles. The summed E-state index contributed by atoms with van der Waals surface area (Å²) in [6, 6.07) is 18.2. The van der Waals surface area contributed by atoms with E-state index in [1.807, 2.05) is 35.0 Å². The summed E-state index contributed by atoms with van der Waals surface area (Å²) in [5.74, 6) is 1.84. The van der Waals surface area contributed by atoms with Gasteiger partial charge in [0, 0.05) is 17.0 Å². The minimum absolute atomic E-state index is 0.724. The highest BCUT2D eigenvalue weighted by Crippen LogP contribution is 2.21.